The predicted octanol–water partition coefficient (Wildman–Crippen LogP) is 3.21. The van der Waals surface area contributed by atoms with Crippen molar-refractivity contribution >= 4 is 11.7 Å². The molecule has 0 aliphatic carbocycles. The quantitative estimate of drug-likeness (QED) is 0.799. The molecule has 2 N–H and O–H groups in total. The highest BCUT2D eigenvalue weighted by Gasteiger charge is 2.09. The number of anilines is 1. The van der Waals surface area contributed by atoms with Gasteiger partial charge < -0.3 is 10.4 Å². The summed E-state index contributed by atoms with van der Waals surface area (Å²) in [6.07, 6.45) is 0.160. The van der Waals surface area contributed by atoms with Gasteiger partial charge in [0.25, 0.3) is 0 Å². The topological polar surface area (TPSA) is 49.3 Å². The number of carboxylic acids is 1. The van der Waals surface area contributed by atoms with Crippen LogP contribution in [-0.2, 0) is 4.79 Å². The summed E-state index contributed by atoms with van der Waals surface area (Å²) in [6.45, 7) is 7.56. The van der Waals surface area contributed by atoms with Crippen LogP contribution >= 0.6 is 0 Å². The molecule has 0 amide bonds. The van der Waals surface area contributed by atoms with Crippen molar-refractivity contribution in [3.8, 4) is 0 Å². The Labute approximate surface area is 95.8 Å². The van der Waals surface area contributed by atoms with Gasteiger partial charge in [0.05, 0.1) is 6.42 Å². The van der Waals surface area contributed by atoms with E-state index in [0.717, 1.165) is 16.9 Å². The Kier molecular flexibility index (Phi) is 4.11. The molecular formula is C13H17NO2. The van der Waals surface area contributed by atoms with E-state index in [1.807, 2.05) is 38.1 Å². The Hall–Kier alpha value is -1.77. The van der Waals surface area contributed by atoms with E-state index in [1.165, 1.54) is 0 Å². The minimum atomic E-state index is -0.767. The largest absolute Gasteiger partial charge is 0.481 e. The van der Waals surface area contributed by atoms with Gasteiger partial charge >= 0.3 is 5.97 Å². The Bertz CT molecular complexity index is 381. The predicted molar refractivity (Wildman–Crippen MR) is 65.5 cm³/mol. The minimum absolute atomic E-state index is 0.0383. The number of benzene rings is 1. The monoisotopic (exact) mass is 219 g/mol. The van der Waals surface area contributed by atoms with E-state index in [9.17, 15) is 4.79 Å². The summed E-state index contributed by atoms with van der Waals surface area (Å²) in [5, 5.41) is 11.8. The van der Waals surface area contributed by atoms with Gasteiger partial charge in [-0.3, -0.25) is 4.79 Å². The molecule has 86 valence electrons. The lowest BCUT2D eigenvalue weighted by atomic mass is 9.98. The normalized spacial score (nSPS) is 11.9. The molecule has 0 radical (unpaired) electrons. The molecule has 0 bridgehead atoms. The molecule has 0 aliphatic rings. The molecular weight excluding hydrogens is 202 g/mol. The lowest BCUT2D eigenvalue weighted by Crippen LogP contribution is -2.03. The molecule has 3 nitrogen and oxygen atoms in total. The maximum absolute atomic E-state index is 10.6. The van der Waals surface area contributed by atoms with Crippen LogP contribution in [0.4, 0.5) is 5.69 Å². The van der Waals surface area contributed by atoms with Crippen LogP contribution in [-0.4, -0.2) is 11.1 Å². The third-order valence-corrected chi connectivity index (χ3v) is 2.32. The van der Waals surface area contributed by atoms with Crippen molar-refractivity contribution in [3.63, 3.8) is 0 Å². The van der Waals surface area contributed by atoms with Gasteiger partial charge in [0.1, 0.15) is 0 Å². The van der Waals surface area contributed by atoms with E-state index >= 15 is 0 Å². The summed E-state index contributed by atoms with van der Waals surface area (Å²) in [5.41, 5.74) is 2.89. The number of aliphatic carboxylic acids is 1. The van der Waals surface area contributed by atoms with E-state index in [0.29, 0.717) is 0 Å². The van der Waals surface area contributed by atoms with Crippen molar-refractivity contribution in [1.82, 2.24) is 0 Å². The molecule has 0 spiro atoms. The molecule has 1 atom stereocenters. The van der Waals surface area contributed by atoms with Crippen LogP contribution in [0.3, 0.4) is 0 Å². The van der Waals surface area contributed by atoms with Crippen molar-refractivity contribution in [3.05, 3.63) is 42.1 Å². The molecule has 0 saturated carbocycles. The van der Waals surface area contributed by atoms with Crippen molar-refractivity contribution in [2.24, 2.45) is 0 Å². The SMILES string of the molecule is C=C(C)Nc1ccc(C(C)CC(=O)O)cc1. The Morgan fingerprint density at radius 1 is 1.44 bits per heavy atom. The second-order valence-corrected chi connectivity index (χ2v) is 4.03. The number of allylic oxidation sites excluding steroid dienone is 1. The standard InChI is InChI=1S/C13H17NO2/c1-9(2)14-12-6-4-11(5-7-12)10(3)8-13(15)16/h4-7,10,14H,1,8H2,2-3H3,(H,15,16). The summed E-state index contributed by atoms with van der Waals surface area (Å²) in [6, 6.07) is 7.75. The van der Waals surface area contributed by atoms with Crippen molar-refractivity contribution < 1.29 is 9.90 Å². The fourth-order valence-corrected chi connectivity index (χ4v) is 1.52. The van der Waals surface area contributed by atoms with E-state index in [2.05, 4.69) is 11.9 Å². The Morgan fingerprint density at radius 3 is 2.44 bits per heavy atom. The van der Waals surface area contributed by atoms with Crippen LogP contribution < -0.4 is 5.32 Å². The van der Waals surface area contributed by atoms with Gasteiger partial charge in [0.15, 0.2) is 0 Å². The maximum atomic E-state index is 10.6. The highest BCUT2D eigenvalue weighted by Crippen LogP contribution is 2.21. The molecule has 0 aliphatic heterocycles. The zero-order valence-corrected chi connectivity index (χ0v) is 9.66. The molecule has 0 saturated heterocycles. The van der Waals surface area contributed by atoms with Gasteiger partial charge in [-0.25, -0.2) is 0 Å². The molecule has 3 heteroatoms. The number of rotatable bonds is 5. The van der Waals surface area contributed by atoms with E-state index in [1.54, 1.807) is 0 Å². The molecule has 0 fully saturated rings. The van der Waals surface area contributed by atoms with Gasteiger partial charge in [0, 0.05) is 11.4 Å². The zero-order chi connectivity index (χ0) is 12.1. The summed E-state index contributed by atoms with van der Waals surface area (Å²) < 4.78 is 0. The second-order valence-electron chi connectivity index (χ2n) is 4.03. The third-order valence-electron chi connectivity index (χ3n) is 2.32. The number of nitrogens with one attached hydrogen (secondary N) is 1. The third kappa shape index (κ3) is 3.77. The molecule has 1 aromatic rings. The molecule has 0 heterocycles. The van der Waals surface area contributed by atoms with Crippen molar-refractivity contribution in [2.45, 2.75) is 26.2 Å². The number of carboxylic acid groups (broad SMARTS) is 1. The molecule has 1 aromatic carbocycles. The minimum Gasteiger partial charge on any atom is -0.481 e. The summed E-state index contributed by atoms with van der Waals surface area (Å²) in [5.74, 6) is -0.729. The summed E-state index contributed by atoms with van der Waals surface area (Å²) in [4.78, 5) is 10.6. The Morgan fingerprint density at radius 2 is 2.00 bits per heavy atom. The second kappa shape index (κ2) is 5.35. The van der Waals surface area contributed by atoms with E-state index in [4.69, 9.17) is 5.11 Å². The average Bonchev–Trinajstić information content (AvgIpc) is 2.16. The van der Waals surface area contributed by atoms with Crippen molar-refractivity contribution in [2.75, 3.05) is 5.32 Å². The van der Waals surface area contributed by atoms with Gasteiger partial charge in [-0.1, -0.05) is 25.6 Å². The van der Waals surface area contributed by atoms with Crippen LogP contribution in [0.15, 0.2) is 36.5 Å². The summed E-state index contributed by atoms with van der Waals surface area (Å²) >= 11 is 0. The van der Waals surface area contributed by atoms with Crippen LogP contribution in [0, 0.1) is 0 Å². The van der Waals surface area contributed by atoms with Crippen LogP contribution in [0.25, 0.3) is 0 Å². The average molecular weight is 219 g/mol. The van der Waals surface area contributed by atoms with E-state index < -0.39 is 5.97 Å². The number of hydrogen-bond acceptors (Lipinski definition) is 2. The summed E-state index contributed by atoms with van der Waals surface area (Å²) in [7, 11) is 0. The smallest absolute Gasteiger partial charge is 0.303 e. The van der Waals surface area contributed by atoms with Crippen LogP contribution in [0.5, 0.6) is 0 Å². The van der Waals surface area contributed by atoms with Gasteiger partial charge in [0.2, 0.25) is 0 Å². The lowest BCUT2D eigenvalue weighted by Gasteiger charge is -2.10. The van der Waals surface area contributed by atoms with Crippen molar-refractivity contribution in [1.29, 1.82) is 0 Å². The molecule has 1 rings (SSSR count). The van der Waals surface area contributed by atoms with E-state index in [-0.39, 0.29) is 12.3 Å². The highest BCUT2D eigenvalue weighted by molar-refractivity contribution is 5.68. The van der Waals surface area contributed by atoms with Gasteiger partial charge in [-0.15, -0.1) is 0 Å². The van der Waals surface area contributed by atoms with Crippen LogP contribution in [0.1, 0.15) is 31.7 Å². The maximum Gasteiger partial charge on any atom is 0.303 e. The highest BCUT2D eigenvalue weighted by atomic mass is 16.4. The molecule has 16 heavy (non-hydrogen) atoms. The van der Waals surface area contributed by atoms with Gasteiger partial charge in [-0.05, 0) is 30.5 Å². The first kappa shape index (κ1) is 12.3. The lowest BCUT2D eigenvalue weighted by molar-refractivity contribution is -0.137. The van der Waals surface area contributed by atoms with Crippen LogP contribution in [0.2, 0.25) is 0 Å². The first-order valence-electron chi connectivity index (χ1n) is 5.23. The first-order chi connectivity index (χ1) is 7.49. The number of hydrogen-bond donors (Lipinski definition) is 2. The first-order valence-corrected chi connectivity index (χ1v) is 5.23. The molecule has 1 unspecified atom stereocenters. The number of carbonyl (C=O) groups is 1. The fourth-order valence-electron chi connectivity index (χ4n) is 1.52. The fraction of sp³-hybridized carbons (Fsp3) is 0.308. The zero-order valence-electron chi connectivity index (χ0n) is 9.66. The Balaban J connectivity index is 2.70. The molecule has 0 aromatic heterocycles. The van der Waals surface area contributed by atoms with Gasteiger partial charge in [-0.2, -0.15) is 0 Å².